The van der Waals surface area contributed by atoms with E-state index < -0.39 is 10.0 Å². The number of ether oxygens (including phenoxy) is 3. The smallest absolute Gasteiger partial charge is 0.262 e. The number of carbonyl (C=O) groups is 1. The van der Waals surface area contributed by atoms with E-state index in [1.165, 1.54) is 18.2 Å². The normalized spacial score (nSPS) is 15.3. The minimum Gasteiger partial charge on any atom is -0.482 e. The second-order valence-corrected chi connectivity index (χ2v) is 7.27. The topological polar surface area (TPSA) is 103 Å². The highest BCUT2D eigenvalue weighted by atomic mass is 32.2. The van der Waals surface area contributed by atoms with Gasteiger partial charge < -0.3 is 19.5 Å². The summed E-state index contributed by atoms with van der Waals surface area (Å²) in [7, 11) is -3.73. The average Bonchev–Trinajstić information content (AvgIpc) is 3.07. The molecule has 25 heavy (non-hydrogen) atoms. The summed E-state index contributed by atoms with van der Waals surface area (Å²) in [4.78, 5) is 11.3. The van der Waals surface area contributed by atoms with Crippen LogP contribution in [-0.2, 0) is 21.4 Å². The Labute approximate surface area is 143 Å². The zero-order valence-electron chi connectivity index (χ0n) is 12.9. The molecule has 2 heterocycles. The first-order chi connectivity index (χ1) is 12.0. The Kier molecular flexibility index (Phi) is 3.74. The van der Waals surface area contributed by atoms with E-state index in [1.54, 1.807) is 18.2 Å². The summed E-state index contributed by atoms with van der Waals surface area (Å²) < 4.78 is 43.2. The van der Waals surface area contributed by atoms with Crippen LogP contribution in [0.2, 0.25) is 0 Å². The van der Waals surface area contributed by atoms with Crippen LogP contribution in [0.4, 0.5) is 5.69 Å². The number of nitrogens with one attached hydrogen (secondary N) is 2. The molecule has 4 rings (SSSR count). The lowest BCUT2D eigenvalue weighted by molar-refractivity contribution is -0.118. The maximum atomic E-state index is 12.5. The summed E-state index contributed by atoms with van der Waals surface area (Å²) in [6.07, 6.45) is 0. The Balaban J connectivity index is 1.51. The maximum absolute atomic E-state index is 12.5. The van der Waals surface area contributed by atoms with Gasteiger partial charge in [-0.15, -0.1) is 0 Å². The van der Waals surface area contributed by atoms with E-state index in [1.807, 2.05) is 0 Å². The lowest BCUT2D eigenvalue weighted by Gasteiger charge is -2.18. The lowest BCUT2D eigenvalue weighted by atomic mass is 10.2. The van der Waals surface area contributed by atoms with E-state index in [4.69, 9.17) is 14.2 Å². The van der Waals surface area contributed by atoms with Crippen LogP contribution in [0, 0.1) is 0 Å². The first-order valence-electron chi connectivity index (χ1n) is 7.46. The van der Waals surface area contributed by atoms with Gasteiger partial charge in [0.25, 0.3) is 5.91 Å². The highest BCUT2D eigenvalue weighted by molar-refractivity contribution is 7.89. The Hall–Kier alpha value is -2.78. The zero-order chi connectivity index (χ0) is 17.4. The molecule has 2 aromatic carbocycles. The van der Waals surface area contributed by atoms with Gasteiger partial charge in [-0.1, -0.05) is 6.07 Å². The molecular weight excluding hydrogens is 348 g/mol. The first kappa shape index (κ1) is 15.7. The first-order valence-corrected chi connectivity index (χ1v) is 8.94. The van der Waals surface area contributed by atoms with E-state index >= 15 is 0 Å². The number of hydrogen-bond donors (Lipinski definition) is 2. The summed E-state index contributed by atoms with van der Waals surface area (Å²) in [6.45, 7) is 0.130. The second kappa shape index (κ2) is 5.94. The van der Waals surface area contributed by atoms with Crippen molar-refractivity contribution in [2.45, 2.75) is 11.4 Å². The third-order valence-electron chi connectivity index (χ3n) is 3.80. The molecule has 2 aliphatic rings. The Morgan fingerprint density at radius 3 is 2.72 bits per heavy atom. The maximum Gasteiger partial charge on any atom is 0.262 e. The van der Waals surface area contributed by atoms with Crippen LogP contribution in [0.15, 0.2) is 41.3 Å². The highest BCUT2D eigenvalue weighted by Gasteiger charge is 2.21. The van der Waals surface area contributed by atoms with Gasteiger partial charge in [-0.05, 0) is 29.8 Å². The monoisotopic (exact) mass is 362 g/mol. The highest BCUT2D eigenvalue weighted by Crippen LogP contribution is 2.33. The van der Waals surface area contributed by atoms with E-state index in [2.05, 4.69) is 10.0 Å². The molecule has 0 saturated carbocycles. The number of fused-ring (bicyclic) bond motifs is 2. The molecule has 130 valence electrons. The lowest BCUT2D eigenvalue weighted by Crippen LogP contribution is -2.26. The molecule has 2 aliphatic heterocycles. The van der Waals surface area contributed by atoms with Crippen molar-refractivity contribution in [3.8, 4) is 17.2 Å². The Morgan fingerprint density at radius 2 is 1.84 bits per heavy atom. The molecular formula is C16H14N2O6S. The number of hydrogen-bond acceptors (Lipinski definition) is 6. The van der Waals surface area contributed by atoms with Gasteiger partial charge in [-0.25, -0.2) is 13.1 Å². The molecule has 0 bridgehead atoms. The van der Waals surface area contributed by atoms with Crippen molar-refractivity contribution in [1.82, 2.24) is 4.72 Å². The van der Waals surface area contributed by atoms with E-state index in [0.717, 1.165) is 5.56 Å². The quantitative estimate of drug-likeness (QED) is 0.848. The van der Waals surface area contributed by atoms with Crippen LogP contribution in [0.1, 0.15) is 5.56 Å². The van der Waals surface area contributed by atoms with Crippen molar-refractivity contribution in [3.63, 3.8) is 0 Å². The van der Waals surface area contributed by atoms with Crippen molar-refractivity contribution in [3.05, 3.63) is 42.0 Å². The van der Waals surface area contributed by atoms with Crippen LogP contribution < -0.4 is 24.2 Å². The summed E-state index contributed by atoms with van der Waals surface area (Å²) in [5, 5.41) is 2.62. The molecule has 2 N–H and O–H groups in total. The fourth-order valence-corrected chi connectivity index (χ4v) is 3.57. The third kappa shape index (κ3) is 3.11. The molecule has 0 unspecified atom stereocenters. The van der Waals surface area contributed by atoms with Crippen LogP contribution in [-0.4, -0.2) is 27.7 Å². The number of sulfonamides is 1. The van der Waals surface area contributed by atoms with Crippen molar-refractivity contribution in [2.75, 3.05) is 18.7 Å². The van der Waals surface area contributed by atoms with Gasteiger partial charge in [0.15, 0.2) is 18.1 Å². The number of anilines is 1. The predicted molar refractivity (Wildman–Crippen MR) is 87.2 cm³/mol. The zero-order valence-corrected chi connectivity index (χ0v) is 13.8. The molecule has 0 fully saturated rings. The SMILES string of the molecule is O=C1COc2cc(S(=O)(=O)NCc3ccc4c(c3)OCO4)ccc2N1. The Bertz CT molecular complexity index is 957. The van der Waals surface area contributed by atoms with E-state index in [9.17, 15) is 13.2 Å². The fraction of sp³-hybridized carbons (Fsp3) is 0.188. The average molecular weight is 362 g/mol. The molecule has 9 heteroatoms. The van der Waals surface area contributed by atoms with Crippen molar-refractivity contribution in [2.24, 2.45) is 0 Å². The third-order valence-corrected chi connectivity index (χ3v) is 5.20. The molecule has 0 spiro atoms. The second-order valence-electron chi connectivity index (χ2n) is 5.51. The minimum absolute atomic E-state index is 0.0585. The summed E-state index contributed by atoms with van der Waals surface area (Å²) in [6, 6.07) is 9.54. The van der Waals surface area contributed by atoms with Gasteiger partial charge in [0.1, 0.15) is 5.75 Å². The van der Waals surface area contributed by atoms with Crippen molar-refractivity contribution < 1.29 is 27.4 Å². The number of carbonyl (C=O) groups excluding carboxylic acids is 1. The number of amides is 1. The molecule has 0 aliphatic carbocycles. The van der Waals surface area contributed by atoms with Gasteiger partial charge in [0, 0.05) is 12.6 Å². The van der Waals surface area contributed by atoms with Gasteiger partial charge in [0.05, 0.1) is 10.6 Å². The van der Waals surface area contributed by atoms with Crippen molar-refractivity contribution >= 4 is 21.6 Å². The van der Waals surface area contributed by atoms with E-state index in [-0.39, 0.29) is 30.7 Å². The molecule has 0 aromatic heterocycles. The minimum atomic E-state index is -3.73. The summed E-state index contributed by atoms with van der Waals surface area (Å²) >= 11 is 0. The molecule has 0 radical (unpaired) electrons. The summed E-state index contributed by atoms with van der Waals surface area (Å²) in [5.74, 6) is 1.28. The molecule has 0 atom stereocenters. The van der Waals surface area contributed by atoms with Gasteiger partial charge in [-0.2, -0.15) is 0 Å². The number of benzene rings is 2. The van der Waals surface area contributed by atoms with Gasteiger partial charge in [0.2, 0.25) is 16.8 Å². The Morgan fingerprint density at radius 1 is 1.00 bits per heavy atom. The van der Waals surface area contributed by atoms with Gasteiger partial charge in [-0.3, -0.25) is 4.79 Å². The summed E-state index contributed by atoms with van der Waals surface area (Å²) in [5.41, 5.74) is 1.19. The predicted octanol–water partition coefficient (Wildman–Crippen LogP) is 1.22. The standard InChI is InChI=1S/C16H14N2O6S/c19-16-8-22-14-6-11(2-3-12(14)18-16)25(20,21)17-7-10-1-4-13-15(5-10)24-9-23-13/h1-6,17H,7-9H2,(H,18,19). The number of rotatable bonds is 4. The van der Waals surface area contributed by atoms with Crippen LogP contribution >= 0.6 is 0 Å². The molecule has 8 nitrogen and oxygen atoms in total. The van der Waals surface area contributed by atoms with Crippen LogP contribution in [0.5, 0.6) is 17.2 Å². The molecule has 0 saturated heterocycles. The van der Waals surface area contributed by atoms with Gasteiger partial charge >= 0.3 is 0 Å². The van der Waals surface area contributed by atoms with Crippen LogP contribution in [0.3, 0.4) is 0 Å². The largest absolute Gasteiger partial charge is 0.482 e. The fourth-order valence-electron chi connectivity index (χ4n) is 2.53. The van der Waals surface area contributed by atoms with Crippen LogP contribution in [0.25, 0.3) is 0 Å². The molecule has 1 amide bonds. The van der Waals surface area contributed by atoms with E-state index in [0.29, 0.717) is 22.9 Å². The molecule has 2 aromatic rings. The van der Waals surface area contributed by atoms with Crippen molar-refractivity contribution in [1.29, 1.82) is 0 Å².